The molecular formula is C23H29N3O2. The van der Waals surface area contributed by atoms with Crippen molar-refractivity contribution in [3.05, 3.63) is 54.1 Å². The highest BCUT2D eigenvalue weighted by Crippen LogP contribution is 2.32. The molecule has 0 atom stereocenters. The number of carbonyl (C=O) groups excluding carboxylic acids is 1. The molecule has 1 heterocycles. The lowest BCUT2D eigenvalue weighted by Crippen LogP contribution is -2.53. The van der Waals surface area contributed by atoms with Gasteiger partial charge in [-0.05, 0) is 61.6 Å². The Bertz CT molecular complexity index is 809. The zero-order valence-electron chi connectivity index (χ0n) is 16.8. The zero-order chi connectivity index (χ0) is 19.5. The summed E-state index contributed by atoms with van der Waals surface area (Å²) in [6.45, 7) is 6.21. The number of nitrogens with zero attached hydrogens (tertiary/aromatic N) is 3. The van der Waals surface area contributed by atoms with E-state index in [0.717, 1.165) is 44.2 Å². The maximum atomic E-state index is 13.3. The van der Waals surface area contributed by atoms with Gasteiger partial charge < -0.3 is 14.5 Å². The van der Waals surface area contributed by atoms with E-state index in [1.54, 1.807) is 7.11 Å². The molecule has 28 heavy (non-hydrogen) atoms. The predicted octanol–water partition coefficient (Wildman–Crippen LogP) is 4.16. The van der Waals surface area contributed by atoms with E-state index in [1.165, 1.54) is 24.1 Å². The van der Waals surface area contributed by atoms with E-state index < -0.39 is 0 Å². The Balaban J connectivity index is 1.44. The summed E-state index contributed by atoms with van der Waals surface area (Å²) in [6.07, 6.45) is 2.45. The Morgan fingerprint density at radius 1 is 1.04 bits per heavy atom. The molecular weight excluding hydrogens is 350 g/mol. The number of rotatable bonds is 5. The number of hydrogen-bond donors (Lipinski definition) is 0. The number of urea groups is 1. The third-order valence-electron chi connectivity index (χ3n) is 5.76. The third kappa shape index (κ3) is 4.08. The van der Waals surface area contributed by atoms with Crippen LogP contribution in [0.3, 0.4) is 0 Å². The lowest BCUT2D eigenvalue weighted by molar-refractivity contribution is 0.200. The average molecular weight is 380 g/mol. The summed E-state index contributed by atoms with van der Waals surface area (Å²) in [6, 6.07) is 16.4. The molecule has 0 unspecified atom stereocenters. The Hall–Kier alpha value is -2.69. The van der Waals surface area contributed by atoms with Gasteiger partial charge in [-0.15, -0.1) is 0 Å². The van der Waals surface area contributed by atoms with Gasteiger partial charge in [-0.2, -0.15) is 0 Å². The van der Waals surface area contributed by atoms with Crippen LogP contribution >= 0.6 is 0 Å². The highest BCUT2D eigenvalue weighted by atomic mass is 16.5. The summed E-state index contributed by atoms with van der Waals surface area (Å²) in [5.41, 5.74) is 3.52. The maximum Gasteiger partial charge on any atom is 0.324 e. The SMILES string of the molecule is COc1ccc(N(CC2CC2)C(=O)N2CCN(c3ccccc3C)CC2)cc1. The van der Waals surface area contributed by atoms with Crippen molar-refractivity contribution in [1.82, 2.24) is 4.90 Å². The first kappa shape index (κ1) is 18.7. The van der Waals surface area contributed by atoms with E-state index in [0.29, 0.717) is 5.92 Å². The highest BCUT2D eigenvalue weighted by Gasteiger charge is 2.31. The number of anilines is 2. The van der Waals surface area contributed by atoms with Crippen molar-refractivity contribution in [1.29, 1.82) is 0 Å². The number of ether oxygens (including phenoxy) is 1. The van der Waals surface area contributed by atoms with Crippen molar-refractivity contribution in [2.24, 2.45) is 5.92 Å². The topological polar surface area (TPSA) is 36.0 Å². The minimum absolute atomic E-state index is 0.126. The molecule has 0 radical (unpaired) electrons. The second-order valence-corrected chi connectivity index (χ2v) is 7.80. The number of methoxy groups -OCH3 is 1. The summed E-state index contributed by atoms with van der Waals surface area (Å²) >= 11 is 0. The molecule has 2 aromatic rings. The normalized spacial score (nSPS) is 16.8. The summed E-state index contributed by atoms with van der Waals surface area (Å²) in [5, 5.41) is 0. The first-order valence-corrected chi connectivity index (χ1v) is 10.2. The fraction of sp³-hybridized carbons (Fsp3) is 0.435. The molecule has 1 saturated carbocycles. The molecule has 1 aliphatic heterocycles. The van der Waals surface area contributed by atoms with Gasteiger partial charge in [0.25, 0.3) is 0 Å². The van der Waals surface area contributed by atoms with Gasteiger partial charge in [0.15, 0.2) is 0 Å². The zero-order valence-corrected chi connectivity index (χ0v) is 16.8. The van der Waals surface area contributed by atoms with Crippen LogP contribution in [0.5, 0.6) is 5.75 Å². The van der Waals surface area contributed by atoms with Crippen LogP contribution < -0.4 is 14.5 Å². The fourth-order valence-corrected chi connectivity index (χ4v) is 3.84. The van der Waals surface area contributed by atoms with Gasteiger partial charge in [0.05, 0.1) is 7.11 Å². The van der Waals surface area contributed by atoms with Crippen LogP contribution in [-0.4, -0.2) is 50.8 Å². The van der Waals surface area contributed by atoms with Gasteiger partial charge in [0.2, 0.25) is 0 Å². The van der Waals surface area contributed by atoms with E-state index >= 15 is 0 Å². The minimum atomic E-state index is 0.126. The Morgan fingerprint density at radius 3 is 2.32 bits per heavy atom. The van der Waals surface area contributed by atoms with Crippen molar-refractivity contribution in [3.63, 3.8) is 0 Å². The van der Waals surface area contributed by atoms with Crippen molar-refractivity contribution in [2.75, 3.05) is 49.6 Å². The van der Waals surface area contributed by atoms with E-state index in [-0.39, 0.29) is 6.03 Å². The number of para-hydroxylation sites is 1. The summed E-state index contributed by atoms with van der Waals surface area (Å²) < 4.78 is 5.26. The Labute approximate surface area is 167 Å². The standard InChI is InChI=1S/C23H29N3O2/c1-18-5-3-4-6-22(18)24-13-15-25(16-14-24)23(27)26(17-19-7-8-19)20-9-11-21(28-2)12-10-20/h3-6,9-12,19H,7-8,13-17H2,1-2H3. The molecule has 4 rings (SSSR count). The molecule has 1 aliphatic carbocycles. The smallest absolute Gasteiger partial charge is 0.324 e. The molecule has 2 fully saturated rings. The van der Waals surface area contributed by atoms with E-state index in [4.69, 9.17) is 4.74 Å². The molecule has 2 aliphatic rings. The van der Waals surface area contributed by atoms with Crippen molar-refractivity contribution in [3.8, 4) is 5.75 Å². The van der Waals surface area contributed by atoms with Crippen molar-refractivity contribution in [2.45, 2.75) is 19.8 Å². The van der Waals surface area contributed by atoms with E-state index in [2.05, 4.69) is 36.1 Å². The van der Waals surface area contributed by atoms with Gasteiger partial charge in [0, 0.05) is 44.1 Å². The summed E-state index contributed by atoms with van der Waals surface area (Å²) in [5.74, 6) is 1.45. The molecule has 148 valence electrons. The van der Waals surface area contributed by atoms with Crippen molar-refractivity contribution >= 4 is 17.4 Å². The molecule has 2 amide bonds. The summed E-state index contributed by atoms with van der Waals surface area (Å²) in [4.78, 5) is 19.7. The first-order chi connectivity index (χ1) is 13.7. The van der Waals surface area contributed by atoms with Gasteiger partial charge >= 0.3 is 6.03 Å². The second-order valence-electron chi connectivity index (χ2n) is 7.80. The number of piperazine rings is 1. The first-order valence-electron chi connectivity index (χ1n) is 10.2. The van der Waals surface area contributed by atoms with Gasteiger partial charge in [-0.3, -0.25) is 4.90 Å². The Morgan fingerprint density at radius 2 is 1.71 bits per heavy atom. The minimum Gasteiger partial charge on any atom is -0.497 e. The highest BCUT2D eigenvalue weighted by molar-refractivity contribution is 5.92. The molecule has 1 saturated heterocycles. The van der Waals surface area contributed by atoms with Gasteiger partial charge in [-0.1, -0.05) is 18.2 Å². The van der Waals surface area contributed by atoms with Gasteiger partial charge in [-0.25, -0.2) is 4.79 Å². The molecule has 5 nitrogen and oxygen atoms in total. The third-order valence-corrected chi connectivity index (χ3v) is 5.76. The largest absolute Gasteiger partial charge is 0.497 e. The quantitative estimate of drug-likeness (QED) is 0.783. The van der Waals surface area contributed by atoms with E-state index in [1.807, 2.05) is 34.1 Å². The number of benzene rings is 2. The molecule has 5 heteroatoms. The molecule has 2 aromatic carbocycles. The molecule has 0 bridgehead atoms. The lowest BCUT2D eigenvalue weighted by Gasteiger charge is -2.39. The molecule has 0 aromatic heterocycles. The van der Waals surface area contributed by atoms with Crippen LogP contribution in [0.2, 0.25) is 0 Å². The second kappa shape index (κ2) is 8.13. The lowest BCUT2D eigenvalue weighted by atomic mass is 10.1. The molecule has 0 spiro atoms. The average Bonchev–Trinajstić information content (AvgIpc) is 3.56. The van der Waals surface area contributed by atoms with Gasteiger partial charge in [0.1, 0.15) is 5.75 Å². The monoisotopic (exact) mass is 379 g/mol. The molecule has 0 N–H and O–H groups in total. The van der Waals surface area contributed by atoms with E-state index in [9.17, 15) is 4.79 Å². The number of amides is 2. The summed E-state index contributed by atoms with van der Waals surface area (Å²) in [7, 11) is 1.66. The Kier molecular flexibility index (Phi) is 5.42. The van der Waals surface area contributed by atoms with Crippen LogP contribution in [0.4, 0.5) is 16.2 Å². The van der Waals surface area contributed by atoms with Crippen LogP contribution in [0, 0.1) is 12.8 Å². The van der Waals surface area contributed by atoms with Crippen LogP contribution in [0.1, 0.15) is 18.4 Å². The van der Waals surface area contributed by atoms with Crippen molar-refractivity contribution < 1.29 is 9.53 Å². The fourth-order valence-electron chi connectivity index (χ4n) is 3.84. The number of carbonyl (C=O) groups is 1. The predicted molar refractivity (Wildman–Crippen MR) is 113 cm³/mol. The number of hydrogen-bond acceptors (Lipinski definition) is 3. The maximum absolute atomic E-state index is 13.3. The number of aryl methyl sites for hydroxylation is 1. The van der Waals surface area contributed by atoms with Crippen LogP contribution in [-0.2, 0) is 0 Å². The van der Waals surface area contributed by atoms with Crippen LogP contribution in [0.15, 0.2) is 48.5 Å². The van der Waals surface area contributed by atoms with Crippen LogP contribution in [0.25, 0.3) is 0 Å².